The fourth-order valence-corrected chi connectivity index (χ4v) is 2.68. The molecule has 1 fully saturated rings. The molecule has 1 aliphatic carbocycles. The van der Waals surface area contributed by atoms with Crippen LogP contribution in [0.15, 0.2) is 29.3 Å². The minimum Gasteiger partial charge on any atom is -0.375 e. The molecule has 1 saturated carbocycles. The molecule has 1 aromatic rings. The fourth-order valence-electron chi connectivity index (χ4n) is 2.68. The van der Waals surface area contributed by atoms with Gasteiger partial charge in [0.15, 0.2) is 5.96 Å². The highest BCUT2D eigenvalue weighted by molar-refractivity contribution is 14.0. The molecule has 1 aromatic carbocycles. The van der Waals surface area contributed by atoms with Crippen LogP contribution in [0.1, 0.15) is 43.8 Å². The van der Waals surface area contributed by atoms with Crippen LogP contribution in [0, 0.1) is 5.82 Å². The molecule has 1 atom stereocenters. The van der Waals surface area contributed by atoms with E-state index in [9.17, 15) is 4.39 Å². The molecular formula is C16H25FIN3O. The largest absolute Gasteiger partial charge is 0.375 e. The van der Waals surface area contributed by atoms with Gasteiger partial charge in [-0.15, -0.1) is 24.0 Å². The lowest BCUT2D eigenvalue weighted by Gasteiger charge is -2.23. The van der Waals surface area contributed by atoms with Gasteiger partial charge in [0, 0.05) is 13.2 Å². The Morgan fingerprint density at radius 1 is 1.32 bits per heavy atom. The molecule has 0 radical (unpaired) electrons. The lowest BCUT2D eigenvalue weighted by molar-refractivity contribution is 0.111. The number of halogens is 2. The molecule has 0 heterocycles. The molecule has 2 rings (SSSR count). The van der Waals surface area contributed by atoms with E-state index in [1.165, 1.54) is 31.4 Å². The van der Waals surface area contributed by atoms with Crippen LogP contribution in [0.3, 0.4) is 0 Å². The fraction of sp³-hybridized carbons (Fsp3) is 0.562. The van der Waals surface area contributed by atoms with E-state index in [2.05, 4.69) is 10.3 Å². The van der Waals surface area contributed by atoms with Crippen LogP contribution in [0.5, 0.6) is 0 Å². The average Bonchev–Trinajstić information content (AvgIpc) is 2.50. The molecule has 0 aromatic heterocycles. The molecule has 1 unspecified atom stereocenters. The number of rotatable bonds is 5. The van der Waals surface area contributed by atoms with Crippen molar-refractivity contribution in [1.82, 2.24) is 5.32 Å². The van der Waals surface area contributed by atoms with Gasteiger partial charge in [-0.2, -0.15) is 0 Å². The zero-order valence-corrected chi connectivity index (χ0v) is 15.3. The Bertz CT molecular complexity index is 461. The molecule has 22 heavy (non-hydrogen) atoms. The Kier molecular flexibility index (Phi) is 8.70. The molecule has 124 valence electrons. The first-order valence-corrected chi connectivity index (χ1v) is 7.53. The lowest BCUT2D eigenvalue weighted by atomic mass is 9.96. The second kappa shape index (κ2) is 9.99. The summed E-state index contributed by atoms with van der Waals surface area (Å²) in [5, 5.41) is 3.27. The Labute approximate surface area is 148 Å². The number of hydrogen-bond donors (Lipinski definition) is 2. The minimum absolute atomic E-state index is 0. The van der Waals surface area contributed by atoms with Crippen molar-refractivity contribution >= 4 is 29.9 Å². The Hall–Kier alpha value is -0.890. The Balaban J connectivity index is 0.00000242. The van der Waals surface area contributed by atoms with Crippen LogP contribution in [-0.4, -0.2) is 25.7 Å². The Morgan fingerprint density at radius 3 is 2.55 bits per heavy atom. The summed E-state index contributed by atoms with van der Waals surface area (Å²) in [5.41, 5.74) is 6.83. The van der Waals surface area contributed by atoms with E-state index >= 15 is 0 Å². The first kappa shape index (κ1) is 19.2. The number of guanidine groups is 1. The van der Waals surface area contributed by atoms with Crippen molar-refractivity contribution in [1.29, 1.82) is 0 Å². The summed E-state index contributed by atoms with van der Waals surface area (Å²) in [6.45, 7) is 0.424. The zero-order chi connectivity index (χ0) is 15.1. The second-order valence-electron chi connectivity index (χ2n) is 5.48. The smallest absolute Gasteiger partial charge is 0.188 e. The van der Waals surface area contributed by atoms with E-state index in [1.807, 2.05) is 0 Å². The summed E-state index contributed by atoms with van der Waals surface area (Å²) in [6.07, 6.45) is 5.91. The minimum atomic E-state index is -0.254. The van der Waals surface area contributed by atoms with Crippen molar-refractivity contribution < 1.29 is 9.13 Å². The number of ether oxygens (including phenoxy) is 1. The highest BCUT2D eigenvalue weighted by Gasteiger charge is 2.14. The zero-order valence-electron chi connectivity index (χ0n) is 12.9. The number of nitrogens with one attached hydrogen (secondary N) is 1. The predicted octanol–water partition coefficient (Wildman–Crippen LogP) is 3.37. The van der Waals surface area contributed by atoms with Crippen molar-refractivity contribution in [2.75, 3.05) is 13.7 Å². The van der Waals surface area contributed by atoms with Gasteiger partial charge in [0.05, 0.1) is 6.54 Å². The molecular weight excluding hydrogens is 396 g/mol. The lowest BCUT2D eigenvalue weighted by Crippen LogP contribution is -2.41. The molecule has 0 spiro atoms. The third-order valence-corrected chi connectivity index (χ3v) is 3.91. The van der Waals surface area contributed by atoms with Gasteiger partial charge in [-0.1, -0.05) is 31.4 Å². The van der Waals surface area contributed by atoms with E-state index in [0.717, 1.165) is 18.4 Å². The maximum Gasteiger partial charge on any atom is 0.188 e. The van der Waals surface area contributed by atoms with Crippen molar-refractivity contribution in [2.24, 2.45) is 10.7 Å². The van der Waals surface area contributed by atoms with Gasteiger partial charge < -0.3 is 15.8 Å². The van der Waals surface area contributed by atoms with Crippen LogP contribution in [0.2, 0.25) is 0 Å². The van der Waals surface area contributed by atoms with Gasteiger partial charge in [0.25, 0.3) is 0 Å². The second-order valence-corrected chi connectivity index (χ2v) is 5.48. The van der Waals surface area contributed by atoms with Crippen molar-refractivity contribution in [3.05, 3.63) is 35.6 Å². The molecule has 4 nitrogen and oxygen atoms in total. The van der Waals surface area contributed by atoms with E-state index in [4.69, 9.17) is 10.5 Å². The van der Waals surface area contributed by atoms with Crippen molar-refractivity contribution in [3.63, 3.8) is 0 Å². The van der Waals surface area contributed by atoms with Gasteiger partial charge >= 0.3 is 0 Å². The van der Waals surface area contributed by atoms with Crippen molar-refractivity contribution in [3.8, 4) is 0 Å². The highest BCUT2D eigenvalue weighted by atomic mass is 127. The SMILES string of the molecule is COC(CN=C(N)NC1CCCCC1)c1ccc(F)cc1.I. The van der Waals surface area contributed by atoms with Crippen LogP contribution < -0.4 is 11.1 Å². The number of hydrogen-bond acceptors (Lipinski definition) is 2. The number of benzene rings is 1. The summed E-state index contributed by atoms with van der Waals surface area (Å²) < 4.78 is 18.3. The van der Waals surface area contributed by atoms with E-state index in [1.54, 1.807) is 19.2 Å². The number of nitrogens with zero attached hydrogens (tertiary/aromatic N) is 1. The van der Waals surface area contributed by atoms with Crippen LogP contribution >= 0.6 is 24.0 Å². The summed E-state index contributed by atoms with van der Waals surface area (Å²) in [4.78, 5) is 4.35. The normalized spacial score (nSPS) is 17.6. The van der Waals surface area contributed by atoms with Gasteiger partial charge in [-0.05, 0) is 30.5 Å². The molecule has 3 N–H and O–H groups in total. The average molecular weight is 421 g/mol. The van der Waals surface area contributed by atoms with Gasteiger partial charge in [-0.25, -0.2) is 4.39 Å². The quantitative estimate of drug-likeness (QED) is 0.436. The highest BCUT2D eigenvalue weighted by Crippen LogP contribution is 2.18. The number of nitrogens with two attached hydrogens (primary N) is 1. The third kappa shape index (κ3) is 6.08. The third-order valence-electron chi connectivity index (χ3n) is 3.91. The Morgan fingerprint density at radius 2 is 1.95 bits per heavy atom. The summed E-state index contributed by atoms with van der Waals surface area (Å²) >= 11 is 0. The molecule has 0 aliphatic heterocycles. The molecule has 0 saturated heterocycles. The first-order valence-electron chi connectivity index (χ1n) is 7.53. The molecule has 0 bridgehead atoms. The number of aliphatic imine (C=N–C) groups is 1. The van der Waals surface area contributed by atoms with E-state index in [0.29, 0.717) is 18.5 Å². The summed E-state index contributed by atoms with van der Waals surface area (Å²) in [6, 6.07) is 6.71. The van der Waals surface area contributed by atoms with Gasteiger partial charge in [0.1, 0.15) is 11.9 Å². The molecule has 0 amide bonds. The standard InChI is InChI=1S/C16H24FN3O.HI/c1-21-15(12-7-9-13(17)10-8-12)11-19-16(18)20-14-5-3-2-4-6-14;/h7-10,14-15H,2-6,11H2,1H3,(H3,18,19,20);1H. The molecule has 1 aliphatic rings. The van der Waals surface area contributed by atoms with Gasteiger partial charge in [-0.3, -0.25) is 4.99 Å². The van der Waals surface area contributed by atoms with Crippen LogP contribution in [0.25, 0.3) is 0 Å². The number of methoxy groups -OCH3 is 1. The van der Waals surface area contributed by atoms with Crippen molar-refractivity contribution in [2.45, 2.75) is 44.2 Å². The van der Waals surface area contributed by atoms with E-state index in [-0.39, 0.29) is 35.9 Å². The molecule has 6 heteroatoms. The van der Waals surface area contributed by atoms with Gasteiger partial charge in [0.2, 0.25) is 0 Å². The summed E-state index contributed by atoms with van der Waals surface area (Å²) in [7, 11) is 1.62. The maximum atomic E-state index is 12.9. The monoisotopic (exact) mass is 421 g/mol. The summed E-state index contributed by atoms with van der Waals surface area (Å²) in [5.74, 6) is 0.210. The van der Waals surface area contributed by atoms with E-state index < -0.39 is 0 Å². The predicted molar refractivity (Wildman–Crippen MR) is 98.1 cm³/mol. The van der Waals surface area contributed by atoms with Crippen LogP contribution in [0.4, 0.5) is 4.39 Å². The van der Waals surface area contributed by atoms with Crippen LogP contribution in [-0.2, 0) is 4.74 Å². The topological polar surface area (TPSA) is 59.6 Å². The first-order chi connectivity index (χ1) is 10.2. The maximum absolute atomic E-state index is 12.9.